The third-order valence-electron chi connectivity index (χ3n) is 3.03. The number of aryl methyl sites for hydroxylation is 1. The molecule has 0 radical (unpaired) electrons. The molecule has 2 rings (SSSR count). The maximum absolute atomic E-state index is 10.3. The van der Waals surface area contributed by atoms with Gasteiger partial charge in [-0.2, -0.15) is 0 Å². The Bertz CT molecular complexity index is 481. The summed E-state index contributed by atoms with van der Waals surface area (Å²) in [7, 11) is 0. The Morgan fingerprint density at radius 1 is 0.941 bits per heavy atom. The van der Waals surface area contributed by atoms with E-state index in [2.05, 4.69) is 0 Å². The fourth-order valence-corrected chi connectivity index (χ4v) is 1.97. The van der Waals surface area contributed by atoms with Crippen LogP contribution in [-0.2, 0) is 0 Å². The van der Waals surface area contributed by atoms with E-state index in [4.69, 9.17) is 5.73 Å². The normalized spacial score (nSPS) is 14.3. The molecule has 2 aromatic carbocycles. The van der Waals surface area contributed by atoms with Crippen molar-refractivity contribution in [1.29, 1.82) is 0 Å². The fraction of sp³-hybridized carbons (Fsp3) is 0.200. The first-order valence-electron chi connectivity index (χ1n) is 5.74. The van der Waals surface area contributed by atoms with Gasteiger partial charge >= 0.3 is 0 Å². The van der Waals surface area contributed by atoms with Gasteiger partial charge in [0.2, 0.25) is 0 Å². The molecule has 17 heavy (non-hydrogen) atoms. The van der Waals surface area contributed by atoms with Gasteiger partial charge in [0, 0.05) is 0 Å². The average Bonchev–Trinajstić information content (AvgIpc) is 2.39. The quantitative estimate of drug-likeness (QED) is 0.847. The zero-order valence-corrected chi connectivity index (χ0v) is 9.88. The first kappa shape index (κ1) is 11.8. The number of hydrogen-bond acceptors (Lipinski definition) is 2. The van der Waals surface area contributed by atoms with Crippen molar-refractivity contribution in [3.05, 3.63) is 71.3 Å². The Balaban J connectivity index is 2.27. The summed E-state index contributed by atoms with van der Waals surface area (Å²) in [6.07, 6.45) is -0.668. The van der Waals surface area contributed by atoms with E-state index >= 15 is 0 Å². The van der Waals surface area contributed by atoms with Crippen LogP contribution in [0.15, 0.2) is 54.6 Å². The molecule has 0 aliphatic heterocycles. The molecule has 0 bridgehead atoms. The summed E-state index contributed by atoms with van der Waals surface area (Å²) in [4.78, 5) is 0. The molecule has 0 saturated carbocycles. The monoisotopic (exact) mass is 227 g/mol. The van der Waals surface area contributed by atoms with Gasteiger partial charge in [0.25, 0.3) is 0 Å². The molecule has 0 heterocycles. The summed E-state index contributed by atoms with van der Waals surface area (Å²) in [5.74, 6) is 0. The van der Waals surface area contributed by atoms with Gasteiger partial charge in [0.05, 0.1) is 12.1 Å². The van der Waals surface area contributed by atoms with Gasteiger partial charge < -0.3 is 10.8 Å². The number of hydrogen-bond donors (Lipinski definition) is 2. The molecule has 0 aliphatic carbocycles. The van der Waals surface area contributed by atoms with E-state index in [0.29, 0.717) is 0 Å². The lowest BCUT2D eigenvalue weighted by molar-refractivity contribution is 0.146. The number of rotatable bonds is 3. The van der Waals surface area contributed by atoms with Gasteiger partial charge in [0.1, 0.15) is 0 Å². The summed E-state index contributed by atoms with van der Waals surface area (Å²) < 4.78 is 0. The van der Waals surface area contributed by atoms with Crippen LogP contribution >= 0.6 is 0 Å². The minimum absolute atomic E-state index is 0.391. The second kappa shape index (κ2) is 5.13. The lowest BCUT2D eigenvalue weighted by Crippen LogP contribution is -2.20. The minimum atomic E-state index is -0.668. The molecule has 2 aromatic rings. The fourth-order valence-electron chi connectivity index (χ4n) is 1.97. The standard InChI is InChI=1S/C15H17NO/c1-11-7-5-6-10-13(11)15(17)14(16)12-8-3-2-4-9-12/h2-10,14-15,17H,16H2,1H3. The third kappa shape index (κ3) is 2.54. The van der Waals surface area contributed by atoms with Crippen LogP contribution in [0.25, 0.3) is 0 Å². The van der Waals surface area contributed by atoms with E-state index in [1.54, 1.807) is 0 Å². The first-order valence-corrected chi connectivity index (χ1v) is 5.74. The molecule has 2 unspecified atom stereocenters. The molecule has 88 valence electrons. The van der Waals surface area contributed by atoms with Crippen molar-refractivity contribution in [1.82, 2.24) is 0 Å². The first-order chi connectivity index (χ1) is 8.20. The summed E-state index contributed by atoms with van der Waals surface area (Å²) in [6.45, 7) is 1.98. The molecule has 2 heteroatoms. The predicted octanol–water partition coefficient (Wildman–Crippen LogP) is 2.73. The van der Waals surface area contributed by atoms with Crippen LogP contribution in [0.3, 0.4) is 0 Å². The predicted molar refractivity (Wildman–Crippen MR) is 69.5 cm³/mol. The SMILES string of the molecule is Cc1ccccc1C(O)C(N)c1ccccc1. The van der Waals surface area contributed by atoms with Crippen LogP contribution in [0, 0.1) is 6.92 Å². The van der Waals surface area contributed by atoms with Crippen molar-refractivity contribution < 1.29 is 5.11 Å². The zero-order chi connectivity index (χ0) is 12.3. The van der Waals surface area contributed by atoms with Crippen molar-refractivity contribution in [2.75, 3.05) is 0 Å². The van der Waals surface area contributed by atoms with E-state index in [1.807, 2.05) is 61.5 Å². The molecular weight excluding hydrogens is 210 g/mol. The smallest absolute Gasteiger partial charge is 0.0985 e. The summed E-state index contributed by atoms with van der Waals surface area (Å²) in [6, 6.07) is 17.1. The highest BCUT2D eigenvalue weighted by Crippen LogP contribution is 2.28. The minimum Gasteiger partial charge on any atom is -0.386 e. The highest BCUT2D eigenvalue weighted by Gasteiger charge is 2.19. The van der Waals surface area contributed by atoms with Crippen LogP contribution in [-0.4, -0.2) is 5.11 Å². The van der Waals surface area contributed by atoms with E-state index in [9.17, 15) is 5.11 Å². The lowest BCUT2D eigenvalue weighted by atomic mass is 9.94. The van der Waals surface area contributed by atoms with E-state index in [-0.39, 0.29) is 0 Å². The van der Waals surface area contributed by atoms with Crippen molar-refractivity contribution in [3.8, 4) is 0 Å². The second-order valence-electron chi connectivity index (χ2n) is 4.24. The second-order valence-corrected chi connectivity index (χ2v) is 4.24. The van der Waals surface area contributed by atoms with Gasteiger partial charge in [-0.3, -0.25) is 0 Å². The van der Waals surface area contributed by atoms with Crippen molar-refractivity contribution in [2.45, 2.75) is 19.1 Å². The van der Waals surface area contributed by atoms with E-state index < -0.39 is 12.1 Å². The molecule has 2 atom stereocenters. The molecule has 0 aliphatic rings. The van der Waals surface area contributed by atoms with Crippen molar-refractivity contribution in [2.24, 2.45) is 5.73 Å². The van der Waals surface area contributed by atoms with Crippen LogP contribution in [0.1, 0.15) is 28.8 Å². The van der Waals surface area contributed by atoms with Gasteiger partial charge in [-0.05, 0) is 23.6 Å². The van der Waals surface area contributed by atoms with Crippen LogP contribution < -0.4 is 5.73 Å². The van der Waals surface area contributed by atoms with E-state index in [0.717, 1.165) is 16.7 Å². The Labute approximate surface area is 102 Å². The molecule has 0 aromatic heterocycles. The molecule has 0 fully saturated rings. The summed E-state index contributed by atoms with van der Waals surface area (Å²) in [5.41, 5.74) is 8.99. The Morgan fingerprint density at radius 3 is 2.18 bits per heavy atom. The number of aliphatic hydroxyl groups is 1. The summed E-state index contributed by atoms with van der Waals surface area (Å²) >= 11 is 0. The van der Waals surface area contributed by atoms with Crippen LogP contribution in [0.2, 0.25) is 0 Å². The molecule has 0 spiro atoms. The highest BCUT2D eigenvalue weighted by molar-refractivity contribution is 5.31. The Morgan fingerprint density at radius 2 is 1.53 bits per heavy atom. The molecular formula is C15H17NO. The van der Waals surface area contributed by atoms with Crippen molar-refractivity contribution >= 4 is 0 Å². The van der Waals surface area contributed by atoms with Gasteiger partial charge in [0.15, 0.2) is 0 Å². The maximum Gasteiger partial charge on any atom is 0.0985 e. The van der Waals surface area contributed by atoms with Crippen LogP contribution in [0.4, 0.5) is 0 Å². The Hall–Kier alpha value is -1.64. The van der Waals surface area contributed by atoms with Crippen molar-refractivity contribution in [3.63, 3.8) is 0 Å². The van der Waals surface area contributed by atoms with Gasteiger partial charge in [-0.1, -0.05) is 54.6 Å². The molecule has 0 amide bonds. The van der Waals surface area contributed by atoms with Gasteiger partial charge in [-0.15, -0.1) is 0 Å². The largest absolute Gasteiger partial charge is 0.386 e. The highest BCUT2D eigenvalue weighted by atomic mass is 16.3. The maximum atomic E-state index is 10.3. The summed E-state index contributed by atoms with van der Waals surface area (Å²) in [5, 5.41) is 10.3. The average molecular weight is 227 g/mol. The number of aliphatic hydroxyl groups excluding tert-OH is 1. The third-order valence-corrected chi connectivity index (χ3v) is 3.03. The molecule has 2 nitrogen and oxygen atoms in total. The Kier molecular flexibility index (Phi) is 3.57. The number of nitrogens with two attached hydrogens (primary N) is 1. The molecule has 0 saturated heterocycles. The van der Waals surface area contributed by atoms with Gasteiger partial charge in [-0.25, -0.2) is 0 Å². The topological polar surface area (TPSA) is 46.2 Å². The zero-order valence-electron chi connectivity index (χ0n) is 9.88. The number of benzene rings is 2. The lowest BCUT2D eigenvalue weighted by Gasteiger charge is -2.21. The van der Waals surface area contributed by atoms with Crippen LogP contribution in [0.5, 0.6) is 0 Å². The van der Waals surface area contributed by atoms with E-state index in [1.165, 1.54) is 0 Å². The molecule has 3 N–H and O–H groups in total.